The van der Waals surface area contributed by atoms with Gasteiger partial charge < -0.3 is 0 Å². The molecule has 54 valence electrons. The molecule has 0 saturated heterocycles. The second kappa shape index (κ2) is 6.37. The van der Waals surface area contributed by atoms with Gasteiger partial charge in [-0.25, -0.2) is 0 Å². The van der Waals surface area contributed by atoms with Crippen molar-refractivity contribution in [2.75, 3.05) is 0 Å². The zero-order chi connectivity index (χ0) is 7.82. The van der Waals surface area contributed by atoms with Gasteiger partial charge >= 0.3 is 0 Å². The van der Waals surface area contributed by atoms with Crippen LogP contribution in [-0.2, 0) is 0 Å². The van der Waals surface area contributed by atoms with E-state index in [-0.39, 0.29) is 0 Å². The lowest BCUT2D eigenvalue weighted by molar-refractivity contribution is 1.71. The van der Waals surface area contributed by atoms with Crippen LogP contribution < -0.4 is 0 Å². The van der Waals surface area contributed by atoms with Crippen molar-refractivity contribution in [3.05, 3.63) is 48.0 Å². The number of rotatable bonds is 0. The molecule has 0 unspecified atom stereocenters. The second-order valence-electron chi connectivity index (χ2n) is 1.70. The maximum atomic E-state index is 5.54. The minimum Gasteiger partial charge on any atom is -0.103 e. The van der Waals surface area contributed by atoms with Crippen molar-refractivity contribution in [1.29, 1.82) is 0 Å². The first-order chi connectivity index (χ1) is 4.81. The highest BCUT2D eigenvalue weighted by Crippen LogP contribution is 2.03. The summed E-state index contributed by atoms with van der Waals surface area (Å²) in [5.41, 5.74) is 0. The largest absolute Gasteiger partial charge is 0.103 e. The topological polar surface area (TPSA) is 0 Å². The van der Waals surface area contributed by atoms with Gasteiger partial charge in [0.2, 0.25) is 0 Å². The van der Waals surface area contributed by atoms with Gasteiger partial charge in [0.05, 0.1) is 0 Å². The van der Waals surface area contributed by atoms with Crippen LogP contribution >= 0.6 is 11.6 Å². The Balaban J connectivity index is 0.000000236. The summed E-state index contributed by atoms with van der Waals surface area (Å²) < 4.78 is 0. The minimum atomic E-state index is 0.794. The molecule has 0 aromatic heterocycles. The average Bonchev–Trinajstić information content (AvgIpc) is 1.91. The molecule has 0 aliphatic rings. The molecule has 0 saturated carbocycles. The first kappa shape index (κ1) is 9.25. The van der Waals surface area contributed by atoms with E-state index in [0.29, 0.717) is 0 Å². The molecule has 0 aliphatic heterocycles. The molecule has 0 heterocycles. The molecule has 0 amide bonds. The van der Waals surface area contributed by atoms with Crippen LogP contribution in [0.2, 0.25) is 5.02 Å². The fraction of sp³-hybridized carbons (Fsp3) is 0.111. The average molecular weight is 155 g/mol. The molecule has 0 aliphatic carbocycles. The zero-order valence-electron chi connectivity index (χ0n) is 6.05. The highest BCUT2D eigenvalue weighted by Gasteiger charge is 1.74. The summed E-state index contributed by atoms with van der Waals surface area (Å²) in [6, 6.07) is 9.44. The number of halogens is 1. The first-order valence-electron chi connectivity index (χ1n) is 3.09. The van der Waals surface area contributed by atoms with E-state index < -0.39 is 0 Å². The van der Waals surface area contributed by atoms with E-state index in [4.69, 9.17) is 11.6 Å². The molecular formula is C9H11Cl. The maximum absolute atomic E-state index is 5.54. The molecule has 0 nitrogen and oxygen atoms in total. The molecular weight excluding hydrogens is 144 g/mol. The van der Waals surface area contributed by atoms with Gasteiger partial charge in [0.15, 0.2) is 0 Å². The lowest BCUT2D eigenvalue weighted by Crippen LogP contribution is -1.55. The van der Waals surface area contributed by atoms with Gasteiger partial charge in [-0.2, -0.15) is 0 Å². The summed E-state index contributed by atoms with van der Waals surface area (Å²) in [4.78, 5) is 0. The quantitative estimate of drug-likeness (QED) is 0.502. The molecule has 1 rings (SSSR count). The molecule has 0 radical (unpaired) electrons. The monoisotopic (exact) mass is 154 g/mol. The van der Waals surface area contributed by atoms with Gasteiger partial charge in [0.1, 0.15) is 0 Å². The molecule has 10 heavy (non-hydrogen) atoms. The van der Waals surface area contributed by atoms with E-state index in [1.54, 1.807) is 6.08 Å². The third kappa shape index (κ3) is 5.39. The van der Waals surface area contributed by atoms with Gasteiger partial charge in [0, 0.05) is 5.02 Å². The fourth-order valence-electron chi connectivity index (χ4n) is 0.415. The first-order valence-corrected chi connectivity index (χ1v) is 3.46. The van der Waals surface area contributed by atoms with Crippen LogP contribution in [0.3, 0.4) is 0 Å². The zero-order valence-corrected chi connectivity index (χ0v) is 6.81. The maximum Gasteiger partial charge on any atom is 0.0405 e. The van der Waals surface area contributed by atoms with Crippen molar-refractivity contribution in [2.45, 2.75) is 6.92 Å². The van der Waals surface area contributed by atoms with E-state index in [2.05, 4.69) is 6.58 Å². The highest BCUT2D eigenvalue weighted by atomic mass is 35.5. The van der Waals surface area contributed by atoms with Gasteiger partial charge in [-0.1, -0.05) is 35.9 Å². The Hall–Kier alpha value is -0.750. The van der Waals surface area contributed by atoms with E-state index in [9.17, 15) is 0 Å². The summed E-state index contributed by atoms with van der Waals surface area (Å²) >= 11 is 5.54. The van der Waals surface area contributed by atoms with Gasteiger partial charge in [-0.05, 0) is 19.1 Å². The fourth-order valence-corrected chi connectivity index (χ4v) is 0.560. The Kier molecular flexibility index (Phi) is 5.89. The van der Waals surface area contributed by atoms with E-state index >= 15 is 0 Å². The van der Waals surface area contributed by atoms with Crippen molar-refractivity contribution < 1.29 is 0 Å². The van der Waals surface area contributed by atoms with Crippen LogP contribution in [-0.4, -0.2) is 0 Å². The van der Waals surface area contributed by atoms with Crippen molar-refractivity contribution in [3.8, 4) is 0 Å². The second-order valence-corrected chi connectivity index (χ2v) is 2.14. The summed E-state index contributed by atoms with van der Waals surface area (Å²) in [5.74, 6) is 0. The van der Waals surface area contributed by atoms with Crippen LogP contribution in [0, 0.1) is 0 Å². The Morgan fingerprint density at radius 1 is 1.30 bits per heavy atom. The number of hydrogen-bond acceptors (Lipinski definition) is 0. The van der Waals surface area contributed by atoms with Gasteiger partial charge in [-0.15, -0.1) is 6.58 Å². The van der Waals surface area contributed by atoms with E-state index in [1.165, 1.54) is 0 Å². The van der Waals surface area contributed by atoms with Crippen molar-refractivity contribution >= 4 is 11.6 Å². The Morgan fingerprint density at radius 2 is 1.70 bits per heavy atom. The van der Waals surface area contributed by atoms with Gasteiger partial charge in [-0.3, -0.25) is 0 Å². The Labute approximate surface area is 67.1 Å². The predicted octanol–water partition coefficient (Wildman–Crippen LogP) is 3.53. The Morgan fingerprint density at radius 3 is 1.90 bits per heavy atom. The third-order valence-electron chi connectivity index (χ3n) is 0.733. The van der Waals surface area contributed by atoms with Crippen LogP contribution in [0.25, 0.3) is 0 Å². The number of allylic oxidation sites excluding steroid dienone is 1. The van der Waals surface area contributed by atoms with E-state index in [0.717, 1.165) is 5.02 Å². The normalized spacial score (nSPS) is 7.40. The molecule has 1 heteroatoms. The Bertz CT molecular complexity index is 167. The standard InChI is InChI=1S/C6H5Cl.C3H6/c7-6-4-2-1-3-5-6;1-3-2/h1-5H;3H,1H2,2H3. The molecule has 0 N–H and O–H groups in total. The molecule has 0 spiro atoms. The highest BCUT2D eigenvalue weighted by molar-refractivity contribution is 6.30. The summed E-state index contributed by atoms with van der Waals surface area (Å²) in [6.45, 7) is 5.25. The molecule has 1 aromatic carbocycles. The summed E-state index contributed by atoms with van der Waals surface area (Å²) in [7, 11) is 0. The SMILES string of the molecule is C=CC.Clc1ccccc1. The molecule has 0 fully saturated rings. The smallest absolute Gasteiger partial charge is 0.0405 e. The summed E-state index contributed by atoms with van der Waals surface area (Å²) in [6.07, 6.45) is 1.75. The lowest BCUT2D eigenvalue weighted by Gasteiger charge is -1.80. The van der Waals surface area contributed by atoms with Crippen LogP contribution in [0.5, 0.6) is 0 Å². The van der Waals surface area contributed by atoms with Gasteiger partial charge in [0.25, 0.3) is 0 Å². The number of benzene rings is 1. The number of hydrogen-bond donors (Lipinski definition) is 0. The van der Waals surface area contributed by atoms with Crippen LogP contribution in [0.4, 0.5) is 0 Å². The molecule has 1 aromatic rings. The summed E-state index contributed by atoms with van der Waals surface area (Å²) in [5, 5.41) is 0.794. The van der Waals surface area contributed by atoms with E-state index in [1.807, 2.05) is 37.3 Å². The predicted molar refractivity (Wildman–Crippen MR) is 47.3 cm³/mol. The van der Waals surface area contributed by atoms with Crippen LogP contribution in [0.1, 0.15) is 6.92 Å². The lowest BCUT2D eigenvalue weighted by atomic mass is 10.4. The van der Waals surface area contributed by atoms with Crippen molar-refractivity contribution in [3.63, 3.8) is 0 Å². The van der Waals surface area contributed by atoms with Crippen LogP contribution in [0.15, 0.2) is 43.0 Å². The van der Waals surface area contributed by atoms with Crippen molar-refractivity contribution in [1.82, 2.24) is 0 Å². The minimum absolute atomic E-state index is 0.794. The molecule has 0 atom stereocenters. The van der Waals surface area contributed by atoms with Crippen molar-refractivity contribution in [2.24, 2.45) is 0 Å². The molecule has 0 bridgehead atoms. The third-order valence-corrected chi connectivity index (χ3v) is 0.985.